The number of nitrogens with one attached hydrogen (secondary N) is 1. The Balaban J connectivity index is 2.23. The highest BCUT2D eigenvalue weighted by molar-refractivity contribution is 9.10. The topological polar surface area (TPSA) is 55.6 Å². The zero-order valence-corrected chi connectivity index (χ0v) is 14.9. The second kappa shape index (κ2) is 7.74. The molecule has 0 aliphatic rings. The molecule has 0 saturated heterocycles. The molecule has 0 bridgehead atoms. The van der Waals surface area contributed by atoms with Crippen LogP contribution in [-0.2, 0) is 11.2 Å². The minimum absolute atomic E-state index is 0.0849. The molecule has 0 aromatic carbocycles. The molecule has 120 valence electrons. The number of carbonyl (C=O) groups is 1. The molecular formula is C16H22BrN3O2. The van der Waals surface area contributed by atoms with Crippen LogP contribution in [0.1, 0.15) is 42.0 Å². The Kier molecular flexibility index (Phi) is 5.97. The van der Waals surface area contributed by atoms with Crippen molar-refractivity contribution < 1.29 is 9.53 Å². The summed E-state index contributed by atoms with van der Waals surface area (Å²) in [5, 5.41) is 2.95. The molecule has 0 aliphatic carbocycles. The number of pyridine rings is 1. The number of aryl methyl sites for hydroxylation is 2. The minimum Gasteiger partial charge on any atom is -0.382 e. The van der Waals surface area contributed by atoms with Gasteiger partial charge in [0.2, 0.25) is 0 Å². The Morgan fingerprint density at radius 1 is 1.45 bits per heavy atom. The summed E-state index contributed by atoms with van der Waals surface area (Å²) < 4.78 is 8.05. The number of carbonyl (C=O) groups excluding carboxylic acids is 1. The molecular weight excluding hydrogens is 346 g/mol. The maximum absolute atomic E-state index is 12.5. The van der Waals surface area contributed by atoms with Gasteiger partial charge in [0.15, 0.2) is 5.65 Å². The molecule has 0 aliphatic heterocycles. The van der Waals surface area contributed by atoms with Crippen molar-refractivity contribution in [3.05, 3.63) is 33.7 Å². The second-order valence-electron chi connectivity index (χ2n) is 5.13. The average Bonchev–Trinajstić information content (AvgIpc) is 2.85. The van der Waals surface area contributed by atoms with Crippen molar-refractivity contribution in [2.75, 3.05) is 19.8 Å². The SMILES string of the molecule is CCOCCCNC(=O)c1c(CC)nc2c(Br)cc(C)cn12. The predicted molar refractivity (Wildman–Crippen MR) is 90.5 cm³/mol. The molecule has 2 rings (SSSR count). The van der Waals surface area contributed by atoms with Crippen molar-refractivity contribution in [2.45, 2.75) is 33.6 Å². The molecule has 0 atom stereocenters. The van der Waals surface area contributed by atoms with Crippen molar-refractivity contribution in [3.63, 3.8) is 0 Å². The number of nitrogens with zero attached hydrogens (tertiary/aromatic N) is 2. The highest BCUT2D eigenvalue weighted by Crippen LogP contribution is 2.22. The molecule has 6 heteroatoms. The fourth-order valence-electron chi connectivity index (χ4n) is 2.37. The van der Waals surface area contributed by atoms with Crippen molar-refractivity contribution in [1.29, 1.82) is 0 Å². The zero-order valence-electron chi connectivity index (χ0n) is 13.3. The summed E-state index contributed by atoms with van der Waals surface area (Å²) in [4.78, 5) is 17.1. The monoisotopic (exact) mass is 367 g/mol. The number of hydrogen-bond acceptors (Lipinski definition) is 3. The molecule has 2 aromatic rings. The maximum Gasteiger partial charge on any atom is 0.270 e. The van der Waals surface area contributed by atoms with Gasteiger partial charge in [-0.25, -0.2) is 4.98 Å². The van der Waals surface area contributed by atoms with E-state index in [-0.39, 0.29) is 5.91 Å². The van der Waals surface area contributed by atoms with Crippen molar-refractivity contribution in [1.82, 2.24) is 14.7 Å². The summed E-state index contributed by atoms with van der Waals surface area (Å²) >= 11 is 3.52. The van der Waals surface area contributed by atoms with Crippen molar-refractivity contribution in [2.24, 2.45) is 0 Å². The molecule has 22 heavy (non-hydrogen) atoms. The minimum atomic E-state index is -0.0849. The highest BCUT2D eigenvalue weighted by Gasteiger charge is 2.19. The van der Waals surface area contributed by atoms with Gasteiger partial charge < -0.3 is 10.1 Å². The van der Waals surface area contributed by atoms with E-state index in [9.17, 15) is 4.79 Å². The van der Waals surface area contributed by atoms with Gasteiger partial charge in [-0.05, 0) is 54.2 Å². The largest absolute Gasteiger partial charge is 0.382 e. The first-order chi connectivity index (χ1) is 10.6. The van der Waals surface area contributed by atoms with E-state index >= 15 is 0 Å². The zero-order chi connectivity index (χ0) is 16.1. The Hall–Kier alpha value is -1.40. The van der Waals surface area contributed by atoms with E-state index in [0.29, 0.717) is 25.5 Å². The number of amides is 1. The smallest absolute Gasteiger partial charge is 0.270 e. The van der Waals surface area contributed by atoms with E-state index in [4.69, 9.17) is 4.74 Å². The van der Waals surface area contributed by atoms with Crippen LogP contribution in [0.25, 0.3) is 5.65 Å². The van der Waals surface area contributed by atoms with Crippen LogP contribution in [0.15, 0.2) is 16.7 Å². The van der Waals surface area contributed by atoms with Crippen LogP contribution in [-0.4, -0.2) is 35.1 Å². The van der Waals surface area contributed by atoms with Gasteiger partial charge in [0, 0.05) is 26.0 Å². The number of fused-ring (bicyclic) bond motifs is 1. The predicted octanol–water partition coefficient (Wildman–Crippen LogP) is 3.12. The van der Waals surface area contributed by atoms with E-state index < -0.39 is 0 Å². The molecule has 1 amide bonds. The molecule has 5 nitrogen and oxygen atoms in total. The van der Waals surface area contributed by atoms with Gasteiger partial charge in [-0.2, -0.15) is 0 Å². The third kappa shape index (κ3) is 3.67. The summed E-state index contributed by atoms with van der Waals surface area (Å²) in [6.45, 7) is 7.94. The Morgan fingerprint density at radius 3 is 2.91 bits per heavy atom. The summed E-state index contributed by atoms with van der Waals surface area (Å²) in [5.41, 5.74) is 3.29. The van der Waals surface area contributed by atoms with Crippen LogP contribution in [0, 0.1) is 6.92 Å². The lowest BCUT2D eigenvalue weighted by molar-refractivity contribution is 0.0937. The fraction of sp³-hybridized carbons (Fsp3) is 0.500. The van der Waals surface area contributed by atoms with Crippen LogP contribution in [0.5, 0.6) is 0 Å². The summed E-state index contributed by atoms with van der Waals surface area (Å²) in [5.74, 6) is -0.0849. The summed E-state index contributed by atoms with van der Waals surface area (Å²) in [7, 11) is 0. The Labute approximate surface area is 139 Å². The molecule has 0 saturated carbocycles. The van der Waals surface area contributed by atoms with Crippen LogP contribution in [0.3, 0.4) is 0 Å². The first-order valence-corrected chi connectivity index (χ1v) is 8.40. The third-order valence-electron chi connectivity index (χ3n) is 3.39. The number of ether oxygens (including phenoxy) is 1. The molecule has 0 spiro atoms. The third-order valence-corrected chi connectivity index (χ3v) is 3.97. The van der Waals surface area contributed by atoms with Gasteiger partial charge in [0.25, 0.3) is 5.91 Å². The molecule has 0 unspecified atom stereocenters. The molecule has 1 N–H and O–H groups in total. The van der Waals surface area contributed by atoms with Crippen LogP contribution >= 0.6 is 15.9 Å². The van der Waals surface area contributed by atoms with Gasteiger partial charge in [-0.1, -0.05) is 6.92 Å². The second-order valence-corrected chi connectivity index (χ2v) is 5.98. The lowest BCUT2D eigenvalue weighted by Crippen LogP contribution is -2.27. The Morgan fingerprint density at radius 2 is 2.23 bits per heavy atom. The highest BCUT2D eigenvalue weighted by atomic mass is 79.9. The van der Waals surface area contributed by atoms with Crippen LogP contribution < -0.4 is 5.32 Å². The molecule has 0 radical (unpaired) electrons. The maximum atomic E-state index is 12.5. The summed E-state index contributed by atoms with van der Waals surface area (Å²) in [6, 6.07) is 2.01. The Bertz CT molecular complexity index is 667. The quantitative estimate of drug-likeness (QED) is 0.764. The number of halogens is 1. The van der Waals surface area contributed by atoms with E-state index in [1.165, 1.54) is 0 Å². The fourth-order valence-corrected chi connectivity index (χ4v) is 3.01. The van der Waals surface area contributed by atoms with Crippen molar-refractivity contribution >= 4 is 27.5 Å². The number of aromatic nitrogens is 2. The normalized spacial score (nSPS) is 11.1. The van der Waals surface area contributed by atoms with E-state index in [1.54, 1.807) is 0 Å². The number of imidazole rings is 1. The van der Waals surface area contributed by atoms with Gasteiger partial charge in [0.1, 0.15) is 5.69 Å². The van der Waals surface area contributed by atoms with E-state index in [2.05, 4.69) is 26.2 Å². The standard InChI is InChI=1S/C16H22BrN3O2/c1-4-13-14(16(21)18-7-6-8-22-5-2)20-10-11(3)9-12(17)15(20)19-13/h9-10H,4-8H2,1-3H3,(H,18,21). The lowest BCUT2D eigenvalue weighted by atomic mass is 10.2. The molecule has 2 heterocycles. The first kappa shape index (κ1) is 17.0. The van der Waals surface area contributed by atoms with Crippen LogP contribution in [0.2, 0.25) is 0 Å². The average molecular weight is 368 g/mol. The number of hydrogen-bond donors (Lipinski definition) is 1. The van der Waals surface area contributed by atoms with E-state index in [1.807, 2.05) is 37.4 Å². The summed E-state index contributed by atoms with van der Waals surface area (Å²) in [6.07, 6.45) is 3.47. The van der Waals surface area contributed by atoms with E-state index in [0.717, 1.165) is 34.2 Å². The lowest BCUT2D eigenvalue weighted by Gasteiger charge is -2.07. The molecule has 0 fully saturated rings. The number of rotatable bonds is 7. The first-order valence-electron chi connectivity index (χ1n) is 7.61. The van der Waals surface area contributed by atoms with Gasteiger partial charge >= 0.3 is 0 Å². The van der Waals surface area contributed by atoms with Gasteiger partial charge in [-0.3, -0.25) is 9.20 Å². The van der Waals surface area contributed by atoms with Crippen molar-refractivity contribution in [3.8, 4) is 0 Å². The molecule has 2 aromatic heterocycles. The van der Waals surface area contributed by atoms with Crippen LogP contribution in [0.4, 0.5) is 0 Å². The van der Waals surface area contributed by atoms with Gasteiger partial charge in [-0.15, -0.1) is 0 Å². The van der Waals surface area contributed by atoms with Gasteiger partial charge in [0.05, 0.1) is 10.2 Å².